The lowest BCUT2D eigenvalue weighted by atomic mass is 9.95. The van der Waals surface area contributed by atoms with Crippen LogP contribution in [-0.4, -0.2) is 19.4 Å². The van der Waals surface area contributed by atoms with E-state index in [9.17, 15) is 0 Å². The highest BCUT2D eigenvalue weighted by atomic mass is 35.5. The van der Waals surface area contributed by atoms with Crippen molar-refractivity contribution in [2.24, 2.45) is 0 Å². The van der Waals surface area contributed by atoms with Crippen LogP contribution in [0, 0.1) is 6.92 Å². The number of aromatic nitrogens is 4. The van der Waals surface area contributed by atoms with E-state index in [1.165, 1.54) is 65.5 Å². The monoisotopic (exact) mass is 582 g/mol. The molecule has 206 valence electrons. The molecule has 0 saturated heterocycles. The van der Waals surface area contributed by atoms with Gasteiger partial charge < -0.3 is 9.38 Å². The van der Waals surface area contributed by atoms with Crippen LogP contribution in [0.15, 0.2) is 115 Å². The van der Waals surface area contributed by atoms with Crippen LogP contribution in [0.1, 0.15) is 5.56 Å². The van der Waals surface area contributed by atoms with Crippen LogP contribution in [-0.2, 0) is 0 Å². The second-order valence-corrected chi connectivity index (χ2v) is 12.1. The quantitative estimate of drug-likeness (QED) is 0.206. The molecule has 0 aliphatic carbocycles. The van der Waals surface area contributed by atoms with Crippen molar-refractivity contribution in [2.45, 2.75) is 6.92 Å². The lowest BCUT2D eigenvalue weighted by Gasteiger charge is -2.11. The molecule has 0 aliphatic heterocycles. The van der Waals surface area contributed by atoms with Gasteiger partial charge in [-0.15, -0.1) is 0 Å². The van der Waals surface area contributed by atoms with Crippen molar-refractivity contribution in [2.75, 3.05) is 0 Å². The fourth-order valence-corrected chi connectivity index (χ4v) is 7.60. The van der Waals surface area contributed by atoms with Crippen LogP contribution in [0.2, 0.25) is 5.28 Å². The molecule has 0 fully saturated rings. The summed E-state index contributed by atoms with van der Waals surface area (Å²) in [6.45, 7) is 2.18. The Morgan fingerprint density at radius 1 is 0.614 bits per heavy atom. The molecular formula is C39H23ClN4. The van der Waals surface area contributed by atoms with Crippen molar-refractivity contribution in [1.82, 2.24) is 19.4 Å². The maximum atomic E-state index is 6.45. The van der Waals surface area contributed by atoms with Crippen LogP contribution in [0.4, 0.5) is 0 Å². The van der Waals surface area contributed by atoms with Gasteiger partial charge in [0.15, 0.2) is 0 Å². The summed E-state index contributed by atoms with van der Waals surface area (Å²) in [5.41, 5.74) is 12.3. The minimum atomic E-state index is 0.249. The molecule has 5 heteroatoms. The maximum Gasteiger partial charge on any atom is 0.223 e. The summed E-state index contributed by atoms with van der Waals surface area (Å²) in [5, 5.41) is 8.80. The first-order valence-electron chi connectivity index (χ1n) is 14.8. The number of hydrogen-bond acceptors (Lipinski definition) is 2. The first-order chi connectivity index (χ1) is 21.6. The molecule has 0 saturated carbocycles. The van der Waals surface area contributed by atoms with Crippen molar-refractivity contribution in [3.63, 3.8) is 0 Å². The van der Waals surface area contributed by atoms with E-state index in [1.807, 2.05) is 18.2 Å². The van der Waals surface area contributed by atoms with Gasteiger partial charge >= 0.3 is 0 Å². The Balaban J connectivity index is 1.26. The molecule has 44 heavy (non-hydrogen) atoms. The highest BCUT2D eigenvalue weighted by Crippen LogP contribution is 2.45. The van der Waals surface area contributed by atoms with Crippen molar-refractivity contribution in [1.29, 1.82) is 0 Å². The molecule has 0 aliphatic rings. The summed E-state index contributed by atoms with van der Waals surface area (Å²) in [6.07, 6.45) is 0. The first-order valence-corrected chi connectivity index (χ1v) is 15.2. The number of nitrogens with zero attached hydrogens (tertiary/aromatic N) is 3. The molecule has 6 aromatic carbocycles. The summed E-state index contributed by atoms with van der Waals surface area (Å²) in [4.78, 5) is 13.1. The molecular weight excluding hydrogens is 560 g/mol. The number of rotatable bonds is 2. The van der Waals surface area contributed by atoms with Crippen LogP contribution < -0.4 is 0 Å². The minimum absolute atomic E-state index is 0.249. The summed E-state index contributed by atoms with van der Waals surface area (Å²) < 4.78 is 2.43. The predicted octanol–water partition coefficient (Wildman–Crippen LogP) is 10.7. The SMILES string of the molecule is Cc1cc2[nH]c3c(cc4c5ccccc5n5c6ccccc6c3c45)c2cc1-c1ccc2c(-c3ccccc3)nc(Cl)nc2c1. The molecule has 0 amide bonds. The normalized spacial score (nSPS) is 12.3. The van der Waals surface area contributed by atoms with Crippen molar-refractivity contribution in [3.05, 3.63) is 126 Å². The van der Waals surface area contributed by atoms with Gasteiger partial charge in [-0.25, -0.2) is 9.97 Å². The average Bonchev–Trinajstić information content (AvgIpc) is 3.70. The third kappa shape index (κ3) is 3.13. The lowest BCUT2D eigenvalue weighted by Crippen LogP contribution is -1.92. The maximum absolute atomic E-state index is 6.45. The minimum Gasteiger partial charge on any atom is -0.354 e. The van der Waals surface area contributed by atoms with E-state index in [0.29, 0.717) is 0 Å². The molecule has 4 heterocycles. The molecule has 4 nitrogen and oxygen atoms in total. The standard InChI is InChI=1S/C39H23ClN4/c1-21-17-31-28(19-27(21)23-15-16-25-32(18-23)42-39(40)43-36(25)22-9-3-2-4-10-22)29-20-30-24-11-5-7-13-33(24)44-34-14-8-6-12-26(34)35(38(30)44)37(29)41-31/h2-20,41H,1H3. The first kappa shape index (κ1) is 24.0. The fraction of sp³-hybridized carbons (Fsp3) is 0.0256. The van der Waals surface area contributed by atoms with Gasteiger partial charge in [0.2, 0.25) is 5.28 Å². The Labute approximate surface area is 256 Å². The van der Waals surface area contributed by atoms with Crippen molar-refractivity contribution < 1.29 is 0 Å². The number of H-pyrrole nitrogens is 1. The van der Waals surface area contributed by atoms with E-state index in [-0.39, 0.29) is 5.28 Å². The topological polar surface area (TPSA) is 46.0 Å². The second-order valence-electron chi connectivity index (χ2n) is 11.7. The smallest absolute Gasteiger partial charge is 0.223 e. The number of nitrogens with one attached hydrogen (secondary N) is 1. The van der Waals surface area contributed by atoms with E-state index in [4.69, 9.17) is 11.6 Å². The van der Waals surface area contributed by atoms with Crippen LogP contribution >= 0.6 is 11.6 Å². The van der Waals surface area contributed by atoms with E-state index in [0.717, 1.165) is 33.2 Å². The van der Waals surface area contributed by atoms with Crippen LogP contribution in [0.3, 0.4) is 0 Å². The highest BCUT2D eigenvalue weighted by Gasteiger charge is 2.22. The number of para-hydroxylation sites is 2. The molecule has 4 aromatic heterocycles. The van der Waals surface area contributed by atoms with Crippen molar-refractivity contribution in [3.8, 4) is 22.4 Å². The molecule has 0 unspecified atom stereocenters. The molecule has 1 N–H and O–H groups in total. The van der Waals surface area contributed by atoms with Crippen LogP contribution in [0.25, 0.3) is 93.2 Å². The van der Waals surface area contributed by atoms with E-state index in [2.05, 4.69) is 123 Å². The number of aryl methyl sites for hydroxylation is 1. The zero-order valence-electron chi connectivity index (χ0n) is 23.7. The largest absolute Gasteiger partial charge is 0.354 e. The van der Waals surface area contributed by atoms with Gasteiger partial charge in [-0.3, -0.25) is 0 Å². The summed E-state index contributed by atoms with van der Waals surface area (Å²) in [5.74, 6) is 0. The van der Waals surface area contributed by atoms with Gasteiger partial charge in [0.05, 0.1) is 33.3 Å². The highest BCUT2D eigenvalue weighted by molar-refractivity contribution is 6.33. The summed E-state index contributed by atoms with van der Waals surface area (Å²) in [6, 6.07) is 41.1. The van der Waals surface area contributed by atoms with E-state index in [1.54, 1.807) is 0 Å². The summed E-state index contributed by atoms with van der Waals surface area (Å²) >= 11 is 6.45. The molecule has 0 atom stereocenters. The molecule has 10 rings (SSSR count). The molecule has 0 bridgehead atoms. The lowest BCUT2D eigenvalue weighted by molar-refractivity contribution is 1.22. The zero-order valence-corrected chi connectivity index (χ0v) is 24.4. The number of benzene rings is 6. The fourth-order valence-electron chi connectivity index (χ4n) is 7.43. The number of fused-ring (bicyclic) bond motifs is 11. The number of aromatic amines is 1. The number of hydrogen-bond donors (Lipinski definition) is 1. The van der Waals surface area contributed by atoms with Gasteiger partial charge in [0.25, 0.3) is 0 Å². The second kappa shape index (κ2) is 8.56. The van der Waals surface area contributed by atoms with Gasteiger partial charge in [0.1, 0.15) is 0 Å². The van der Waals surface area contributed by atoms with Crippen LogP contribution in [0.5, 0.6) is 0 Å². The Hall–Kier alpha value is -5.45. The Morgan fingerprint density at radius 2 is 1.36 bits per heavy atom. The van der Waals surface area contributed by atoms with Crippen molar-refractivity contribution >= 4 is 82.4 Å². The Morgan fingerprint density at radius 3 is 2.20 bits per heavy atom. The van der Waals surface area contributed by atoms with Gasteiger partial charge in [-0.2, -0.15) is 0 Å². The number of halogens is 1. The Kier molecular flexibility index (Phi) is 4.68. The van der Waals surface area contributed by atoms with E-state index < -0.39 is 0 Å². The van der Waals surface area contributed by atoms with Gasteiger partial charge in [-0.05, 0) is 77.7 Å². The average molecular weight is 583 g/mol. The Bertz CT molecular complexity index is 2790. The third-order valence-electron chi connectivity index (χ3n) is 9.32. The summed E-state index contributed by atoms with van der Waals surface area (Å²) in [7, 11) is 0. The molecule has 10 aromatic rings. The predicted molar refractivity (Wildman–Crippen MR) is 184 cm³/mol. The molecule has 0 spiro atoms. The zero-order chi connectivity index (χ0) is 29.1. The van der Waals surface area contributed by atoms with Gasteiger partial charge in [-0.1, -0.05) is 72.8 Å². The van der Waals surface area contributed by atoms with E-state index >= 15 is 0 Å². The van der Waals surface area contributed by atoms with Gasteiger partial charge in [0, 0.05) is 48.8 Å². The molecule has 0 radical (unpaired) electrons. The third-order valence-corrected chi connectivity index (χ3v) is 9.48.